The fourth-order valence-electron chi connectivity index (χ4n) is 3.34. The third kappa shape index (κ3) is 5.61. The number of hydrazine groups is 1. The van der Waals surface area contributed by atoms with Gasteiger partial charge in [0.2, 0.25) is 11.8 Å². The van der Waals surface area contributed by atoms with E-state index in [4.69, 9.17) is 16.3 Å². The van der Waals surface area contributed by atoms with E-state index < -0.39 is 6.43 Å². The number of carbonyl (C=O) groups excluding carboxylic acids is 1. The molecule has 9 nitrogen and oxygen atoms in total. The largest absolute Gasteiger partial charge is 0.470 e. The van der Waals surface area contributed by atoms with Gasteiger partial charge in [-0.1, -0.05) is 12.1 Å². The number of benzene rings is 1. The quantitative estimate of drug-likeness (QED) is 0.436. The van der Waals surface area contributed by atoms with Crippen LogP contribution in [0.4, 0.5) is 20.3 Å². The van der Waals surface area contributed by atoms with Crippen molar-refractivity contribution in [2.75, 3.05) is 29.6 Å². The van der Waals surface area contributed by atoms with Crippen molar-refractivity contribution in [2.45, 2.75) is 32.7 Å². The maximum atomic E-state index is 12.8. The van der Waals surface area contributed by atoms with Crippen LogP contribution in [0.3, 0.4) is 0 Å². The fraction of sp³-hybridized carbons (Fsp3) is 0.381. The lowest BCUT2D eigenvalue weighted by Gasteiger charge is -2.38. The number of ether oxygens (including phenoxy) is 1. The Labute approximate surface area is 185 Å². The molecular formula is C21H27F2N7O2. The number of amides is 1. The lowest BCUT2D eigenvalue weighted by atomic mass is 10.0. The summed E-state index contributed by atoms with van der Waals surface area (Å²) in [6, 6.07) is 8.93. The molecule has 32 heavy (non-hydrogen) atoms. The molecule has 3 rings (SSSR count). The highest BCUT2D eigenvalue weighted by molar-refractivity contribution is 5.83. The maximum Gasteiger partial charge on any atom is 0.263 e. The van der Waals surface area contributed by atoms with Gasteiger partial charge in [0.1, 0.15) is 6.61 Å². The van der Waals surface area contributed by atoms with Crippen LogP contribution in [0.2, 0.25) is 0 Å². The SMILES string of the molecule is C/C(N)=C(\COc1ccc(N2CC(=O)NC(C)(C)C2)nn1)N(N)c1ccc(C(F)F)cc1. The first-order valence-electron chi connectivity index (χ1n) is 9.96. The van der Waals surface area contributed by atoms with Gasteiger partial charge in [0.05, 0.1) is 23.5 Å². The summed E-state index contributed by atoms with van der Waals surface area (Å²) in [4.78, 5) is 13.7. The standard InChI is InChI=1S/C21H27F2N7O2/c1-13(24)16(30(25)15-6-4-14(5-7-15)20(22)23)11-32-19-9-8-17(27-28-19)29-10-18(31)26-21(2,3)12-29/h4-9,20H,10-12,24-25H2,1-3H3,(H,26,31)/b16-13-. The van der Waals surface area contributed by atoms with Crippen molar-refractivity contribution in [3.05, 3.63) is 53.4 Å². The van der Waals surface area contributed by atoms with Crippen molar-refractivity contribution >= 4 is 17.4 Å². The van der Waals surface area contributed by atoms with E-state index in [-0.39, 0.29) is 36.0 Å². The first kappa shape index (κ1) is 23.2. The number of rotatable bonds is 7. The molecule has 0 atom stereocenters. The van der Waals surface area contributed by atoms with Crippen LogP contribution in [-0.2, 0) is 4.79 Å². The summed E-state index contributed by atoms with van der Waals surface area (Å²) in [5, 5.41) is 12.4. The number of nitrogens with zero attached hydrogens (tertiary/aromatic N) is 4. The molecule has 0 bridgehead atoms. The van der Waals surface area contributed by atoms with Gasteiger partial charge in [-0.3, -0.25) is 9.80 Å². The predicted molar refractivity (Wildman–Crippen MR) is 117 cm³/mol. The highest BCUT2D eigenvalue weighted by Crippen LogP contribution is 2.24. The van der Waals surface area contributed by atoms with Crippen LogP contribution >= 0.6 is 0 Å². The van der Waals surface area contributed by atoms with Gasteiger partial charge >= 0.3 is 0 Å². The van der Waals surface area contributed by atoms with E-state index in [0.717, 1.165) is 0 Å². The number of alkyl halides is 2. The normalized spacial score (nSPS) is 16.5. The number of hydrogen-bond donors (Lipinski definition) is 3. The highest BCUT2D eigenvalue weighted by Gasteiger charge is 2.31. The Kier molecular flexibility index (Phi) is 6.78. The monoisotopic (exact) mass is 447 g/mol. The molecule has 1 fully saturated rings. The van der Waals surface area contributed by atoms with Gasteiger partial charge in [0.25, 0.3) is 6.43 Å². The molecule has 0 radical (unpaired) electrons. The number of nitrogens with two attached hydrogens (primary N) is 2. The minimum absolute atomic E-state index is 0.0113. The van der Waals surface area contributed by atoms with Crippen molar-refractivity contribution in [3.8, 4) is 5.88 Å². The van der Waals surface area contributed by atoms with Gasteiger partial charge in [-0.25, -0.2) is 14.6 Å². The Morgan fingerprint density at radius 2 is 1.94 bits per heavy atom. The minimum Gasteiger partial charge on any atom is -0.470 e. The van der Waals surface area contributed by atoms with Crippen LogP contribution in [0, 0.1) is 0 Å². The smallest absolute Gasteiger partial charge is 0.263 e. The Hall–Kier alpha value is -3.47. The van der Waals surface area contributed by atoms with Crippen molar-refractivity contribution in [1.29, 1.82) is 0 Å². The Balaban J connectivity index is 1.66. The number of anilines is 2. The molecular weight excluding hydrogens is 420 g/mol. The molecule has 11 heteroatoms. The minimum atomic E-state index is -2.56. The summed E-state index contributed by atoms with van der Waals surface area (Å²) >= 11 is 0. The lowest BCUT2D eigenvalue weighted by Crippen LogP contribution is -2.60. The average molecular weight is 447 g/mol. The molecule has 5 N–H and O–H groups in total. The van der Waals surface area contributed by atoms with Crippen molar-refractivity contribution in [3.63, 3.8) is 0 Å². The molecule has 1 aromatic heterocycles. The number of piperazine rings is 1. The molecule has 1 amide bonds. The van der Waals surface area contributed by atoms with Crippen LogP contribution in [0.25, 0.3) is 0 Å². The highest BCUT2D eigenvalue weighted by atomic mass is 19.3. The molecule has 1 aliphatic rings. The fourth-order valence-corrected chi connectivity index (χ4v) is 3.34. The molecule has 2 aromatic rings. The molecule has 1 saturated heterocycles. The topological polar surface area (TPSA) is 123 Å². The van der Waals surface area contributed by atoms with Crippen molar-refractivity contribution < 1.29 is 18.3 Å². The molecule has 0 unspecified atom stereocenters. The van der Waals surface area contributed by atoms with E-state index in [1.165, 1.54) is 29.3 Å². The molecule has 1 aliphatic heterocycles. The van der Waals surface area contributed by atoms with Crippen LogP contribution in [0.15, 0.2) is 47.8 Å². The number of halogens is 2. The Bertz CT molecular complexity index is 975. The van der Waals surface area contributed by atoms with E-state index in [9.17, 15) is 13.6 Å². The zero-order valence-electron chi connectivity index (χ0n) is 18.2. The second kappa shape index (κ2) is 9.35. The second-order valence-corrected chi connectivity index (χ2v) is 8.20. The number of nitrogens with one attached hydrogen (secondary N) is 1. The summed E-state index contributed by atoms with van der Waals surface area (Å²) in [7, 11) is 0. The average Bonchev–Trinajstić information content (AvgIpc) is 2.72. The zero-order valence-corrected chi connectivity index (χ0v) is 18.2. The summed E-state index contributed by atoms with van der Waals surface area (Å²) in [6.45, 7) is 6.31. The van der Waals surface area contributed by atoms with E-state index >= 15 is 0 Å². The molecule has 0 aliphatic carbocycles. The Morgan fingerprint density at radius 3 is 2.47 bits per heavy atom. The van der Waals surface area contributed by atoms with Crippen LogP contribution in [-0.4, -0.2) is 41.3 Å². The molecule has 0 saturated carbocycles. The zero-order chi connectivity index (χ0) is 23.5. The van der Waals surface area contributed by atoms with Crippen LogP contribution in [0.5, 0.6) is 5.88 Å². The maximum absolute atomic E-state index is 12.8. The van der Waals surface area contributed by atoms with Gasteiger partial charge < -0.3 is 20.7 Å². The van der Waals surface area contributed by atoms with Crippen LogP contribution in [0.1, 0.15) is 32.8 Å². The third-order valence-corrected chi connectivity index (χ3v) is 4.87. The summed E-state index contributed by atoms with van der Waals surface area (Å²) in [6.07, 6.45) is -2.56. The molecule has 1 aromatic carbocycles. The van der Waals surface area contributed by atoms with E-state index in [1.807, 2.05) is 18.7 Å². The Morgan fingerprint density at radius 1 is 1.25 bits per heavy atom. The molecule has 2 heterocycles. The molecule has 0 spiro atoms. The van der Waals surface area contributed by atoms with E-state index in [2.05, 4.69) is 15.5 Å². The molecule has 172 valence electrons. The number of carbonyl (C=O) groups is 1. The second-order valence-electron chi connectivity index (χ2n) is 8.20. The van der Waals surface area contributed by atoms with Gasteiger partial charge in [0.15, 0.2) is 5.82 Å². The van der Waals surface area contributed by atoms with E-state index in [0.29, 0.717) is 29.4 Å². The summed E-state index contributed by atoms with van der Waals surface area (Å²) < 4.78 is 31.2. The van der Waals surface area contributed by atoms with Crippen LogP contribution < -0.4 is 31.5 Å². The van der Waals surface area contributed by atoms with Crippen molar-refractivity contribution in [1.82, 2.24) is 15.5 Å². The van der Waals surface area contributed by atoms with Gasteiger partial charge in [-0.05, 0) is 39.0 Å². The summed E-state index contributed by atoms with van der Waals surface area (Å²) in [5.41, 5.74) is 6.80. The van der Waals surface area contributed by atoms with Gasteiger partial charge in [0, 0.05) is 23.9 Å². The first-order valence-corrected chi connectivity index (χ1v) is 9.96. The number of hydrogen-bond acceptors (Lipinski definition) is 8. The van der Waals surface area contributed by atoms with Gasteiger partial charge in [-0.2, -0.15) is 0 Å². The summed E-state index contributed by atoms with van der Waals surface area (Å²) in [5.74, 6) is 6.86. The first-order chi connectivity index (χ1) is 15.1. The predicted octanol–water partition coefficient (Wildman–Crippen LogP) is 2.08. The van der Waals surface area contributed by atoms with Crippen molar-refractivity contribution in [2.24, 2.45) is 11.6 Å². The lowest BCUT2D eigenvalue weighted by molar-refractivity contribution is -0.122. The third-order valence-electron chi connectivity index (χ3n) is 4.87. The van der Waals surface area contributed by atoms with Gasteiger partial charge in [-0.15, -0.1) is 10.2 Å². The number of aromatic nitrogens is 2. The number of allylic oxidation sites excluding steroid dienone is 1. The van der Waals surface area contributed by atoms with E-state index in [1.54, 1.807) is 19.1 Å².